The van der Waals surface area contributed by atoms with Crippen LogP contribution in [0, 0.1) is 5.92 Å². The minimum Gasteiger partial charge on any atom is -0.0988 e. The summed E-state index contributed by atoms with van der Waals surface area (Å²) in [7, 11) is 0. The molecule has 0 radical (unpaired) electrons. The van der Waals surface area contributed by atoms with E-state index in [2.05, 4.69) is 26.5 Å². The monoisotopic (exact) mass is 150 g/mol. The molecule has 1 aliphatic carbocycles. The van der Waals surface area contributed by atoms with Crippen LogP contribution in [0.2, 0.25) is 0 Å². The molecule has 0 N–H and O–H groups in total. The van der Waals surface area contributed by atoms with Gasteiger partial charge >= 0.3 is 0 Å². The van der Waals surface area contributed by atoms with Crippen LogP contribution in [0.4, 0.5) is 0 Å². The van der Waals surface area contributed by atoms with Crippen LogP contribution in [0.1, 0.15) is 39.5 Å². The first-order chi connectivity index (χ1) is 5.27. The molecule has 1 aliphatic rings. The summed E-state index contributed by atoms with van der Waals surface area (Å²) in [6, 6.07) is 0. The highest BCUT2D eigenvalue weighted by Gasteiger charge is 2.13. The van der Waals surface area contributed by atoms with Gasteiger partial charge in [0.2, 0.25) is 0 Å². The van der Waals surface area contributed by atoms with Gasteiger partial charge in [-0.3, -0.25) is 0 Å². The molecule has 0 aromatic heterocycles. The van der Waals surface area contributed by atoms with Crippen molar-refractivity contribution in [1.29, 1.82) is 0 Å². The summed E-state index contributed by atoms with van der Waals surface area (Å²) in [6.45, 7) is 8.43. The molecule has 0 aromatic rings. The first-order valence-electron chi connectivity index (χ1n) is 4.61. The lowest BCUT2D eigenvalue weighted by atomic mass is 9.84. The SMILES string of the molecule is C=CC1=C(CC)CCC(C)C1. The van der Waals surface area contributed by atoms with E-state index >= 15 is 0 Å². The zero-order valence-corrected chi connectivity index (χ0v) is 7.69. The molecule has 0 aromatic carbocycles. The predicted octanol–water partition coefficient (Wildman–Crippen LogP) is 3.70. The van der Waals surface area contributed by atoms with Crippen molar-refractivity contribution in [3.05, 3.63) is 23.8 Å². The minimum atomic E-state index is 0.873. The Hall–Kier alpha value is -0.520. The zero-order chi connectivity index (χ0) is 8.27. The molecule has 0 saturated carbocycles. The summed E-state index contributed by atoms with van der Waals surface area (Å²) in [5, 5.41) is 0. The third-order valence-electron chi connectivity index (χ3n) is 2.63. The second kappa shape index (κ2) is 3.75. The smallest absolute Gasteiger partial charge is 0.0254 e. The molecule has 0 aliphatic heterocycles. The van der Waals surface area contributed by atoms with E-state index in [9.17, 15) is 0 Å². The molecule has 0 heterocycles. The molecule has 0 saturated heterocycles. The van der Waals surface area contributed by atoms with Crippen molar-refractivity contribution in [2.24, 2.45) is 5.92 Å². The number of allylic oxidation sites excluding steroid dienone is 3. The Kier molecular flexibility index (Phi) is 2.92. The van der Waals surface area contributed by atoms with Gasteiger partial charge in [0, 0.05) is 0 Å². The van der Waals surface area contributed by atoms with Gasteiger partial charge in [-0.1, -0.05) is 32.1 Å². The largest absolute Gasteiger partial charge is 0.0988 e. The molecule has 11 heavy (non-hydrogen) atoms. The van der Waals surface area contributed by atoms with Crippen LogP contribution in [-0.2, 0) is 0 Å². The van der Waals surface area contributed by atoms with Crippen molar-refractivity contribution in [3.8, 4) is 0 Å². The lowest BCUT2D eigenvalue weighted by Crippen LogP contribution is -2.05. The highest BCUT2D eigenvalue weighted by Crippen LogP contribution is 2.30. The average Bonchev–Trinajstić information content (AvgIpc) is 2.04. The van der Waals surface area contributed by atoms with Gasteiger partial charge < -0.3 is 0 Å². The lowest BCUT2D eigenvalue weighted by Gasteiger charge is -2.22. The maximum absolute atomic E-state index is 3.86. The van der Waals surface area contributed by atoms with Crippen LogP contribution in [0.25, 0.3) is 0 Å². The topological polar surface area (TPSA) is 0 Å². The van der Waals surface area contributed by atoms with Crippen molar-refractivity contribution >= 4 is 0 Å². The van der Waals surface area contributed by atoms with Gasteiger partial charge in [-0.2, -0.15) is 0 Å². The van der Waals surface area contributed by atoms with E-state index in [0.717, 1.165) is 5.92 Å². The molecule has 0 bridgehead atoms. The fraction of sp³-hybridized carbons (Fsp3) is 0.636. The van der Waals surface area contributed by atoms with E-state index in [0.29, 0.717) is 0 Å². The van der Waals surface area contributed by atoms with Gasteiger partial charge in [0.25, 0.3) is 0 Å². The van der Waals surface area contributed by atoms with E-state index < -0.39 is 0 Å². The van der Waals surface area contributed by atoms with E-state index in [1.54, 1.807) is 5.57 Å². The van der Waals surface area contributed by atoms with Crippen LogP contribution < -0.4 is 0 Å². The fourth-order valence-corrected chi connectivity index (χ4v) is 1.83. The highest BCUT2D eigenvalue weighted by atomic mass is 14.2. The van der Waals surface area contributed by atoms with Crippen molar-refractivity contribution in [2.45, 2.75) is 39.5 Å². The van der Waals surface area contributed by atoms with E-state index in [4.69, 9.17) is 0 Å². The first kappa shape index (κ1) is 8.58. The molecular weight excluding hydrogens is 132 g/mol. The van der Waals surface area contributed by atoms with Gasteiger partial charge in [-0.25, -0.2) is 0 Å². The van der Waals surface area contributed by atoms with Crippen molar-refractivity contribution < 1.29 is 0 Å². The van der Waals surface area contributed by atoms with Crippen LogP contribution in [0.5, 0.6) is 0 Å². The Bertz CT molecular complexity index is 174. The summed E-state index contributed by atoms with van der Waals surface area (Å²) in [5.41, 5.74) is 3.16. The van der Waals surface area contributed by atoms with Gasteiger partial charge in [-0.15, -0.1) is 0 Å². The number of hydrogen-bond donors (Lipinski definition) is 0. The Morgan fingerprint density at radius 1 is 1.64 bits per heavy atom. The summed E-state index contributed by atoms with van der Waals surface area (Å²) >= 11 is 0. The van der Waals surface area contributed by atoms with Gasteiger partial charge in [0.05, 0.1) is 0 Å². The van der Waals surface area contributed by atoms with Crippen LogP contribution in [0.3, 0.4) is 0 Å². The lowest BCUT2D eigenvalue weighted by molar-refractivity contribution is 0.496. The number of hydrogen-bond acceptors (Lipinski definition) is 0. The van der Waals surface area contributed by atoms with E-state index in [-0.39, 0.29) is 0 Å². The zero-order valence-electron chi connectivity index (χ0n) is 7.69. The Balaban J connectivity index is 2.74. The quantitative estimate of drug-likeness (QED) is 0.563. The van der Waals surface area contributed by atoms with Gasteiger partial charge in [-0.05, 0) is 37.2 Å². The summed E-state index contributed by atoms with van der Waals surface area (Å²) in [6.07, 6.45) is 7.20. The summed E-state index contributed by atoms with van der Waals surface area (Å²) in [4.78, 5) is 0. The maximum atomic E-state index is 3.86. The molecule has 0 heteroatoms. The van der Waals surface area contributed by atoms with Crippen molar-refractivity contribution in [3.63, 3.8) is 0 Å². The predicted molar refractivity (Wildman–Crippen MR) is 50.5 cm³/mol. The van der Waals surface area contributed by atoms with Crippen molar-refractivity contribution in [2.75, 3.05) is 0 Å². The molecule has 1 unspecified atom stereocenters. The molecule has 1 atom stereocenters. The number of rotatable bonds is 2. The Morgan fingerprint density at radius 2 is 2.36 bits per heavy atom. The maximum Gasteiger partial charge on any atom is -0.0254 e. The minimum absolute atomic E-state index is 0.873. The molecule has 1 rings (SSSR count). The van der Waals surface area contributed by atoms with Crippen LogP contribution in [-0.4, -0.2) is 0 Å². The second-order valence-corrected chi connectivity index (χ2v) is 3.53. The van der Waals surface area contributed by atoms with Crippen LogP contribution >= 0.6 is 0 Å². The van der Waals surface area contributed by atoms with Gasteiger partial charge in [0.1, 0.15) is 0 Å². The molecule has 0 spiro atoms. The third kappa shape index (κ3) is 1.95. The average molecular weight is 150 g/mol. The fourth-order valence-electron chi connectivity index (χ4n) is 1.83. The van der Waals surface area contributed by atoms with Crippen molar-refractivity contribution in [1.82, 2.24) is 0 Å². The summed E-state index contributed by atoms with van der Waals surface area (Å²) in [5.74, 6) is 0.873. The Labute approximate surface area is 70.0 Å². The van der Waals surface area contributed by atoms with Crippen LogP contribution in [0.15, 0.2) is 23.8 Å². The first-order valence-corrected chi connectivity index (χ1v) is 4.61. The molecule has 0 amide bonds. The van der Waals surface area contributed by atoms with E-state index in [1.807, 2.05) is 0 Å². The molecule has 62 valence electrons. The molecular formula is C11H18. The highest BCUT2D eigenvalue weighted by molar-refractivity contribution is 5.26. The molecule has 0 fully saturated rings. The molecule has 0 nitrogen and oxygen atoms in total. The Morgan fingerprint density at radius 3 is 2.91 bits per heavy atom. The third-order valence-corrected chi connectivity index (χ3v) is 2.63. The normalized spacial score (nSPS) is 25.5. The van der Waals surface area contributed by atoms with E-state index in [1.165, 1.54) is 31.3 Å². The second-order valence-electron chi connectivity index (χ2n) is 3.53. The summed E-state index contributed by atoms with van der Waals surface area (Å²) < 4.78 is 0. The van der Waals surface area contributed by atoms with Gasteiger partial charge in [0.15, 0.2) is 0 Å². The standard InChI is InChI=1S/C11H18/c1-4-10-7-6-9(3)8-11(10)5-2/h5,9H,2,4,6-8H2,1,3H3.